The van der Waals surface area contributed by atoms with E-state index in [2.05, 4.69) is 15.6 Å². The van der Waals surface area contributed by atoms with Crippen molar-refractivity contribution < 1.29 is 14.6 Å². The molecule has 1 aliphatic rings. The van der Waals surface area contributed by atoms with Gasteiger partial charge < -0.3 is 25.0 Å². The largest absolute Gasteiger partial charge is 0.495 e. The lowest BCUT2D eigenvalue weighted by atomic mass is 10.0. The van der Waals surface area contributed by atoms with E-state index in [1.165, 1.54) is 0 Å². The fourth-order valence-corrected chi connectivity index (χ4v) is 2.88. The van der Waals surface area contributed by atoms with E-state index in [1.807, 2.05) is 23.8 Å². The predicted molar refractivity (Wildman–Crippen MR) is 89.6 cm³/mol. The molecule has 0 bridgehead atoms. The Morgan fingerprint density at radius 2 is 2.29 bits per heavy atom. The lowest BCUT2D eigenvalue weighted by Crippen LogP contribution is -2.50. The Morgan fingerprint density at radius 1 is 1.46 bits per heavy atom. The molecule has 2 heterocycles. The number of nitrogens with zero attached hydrogens (tertiary/aromatic N) is 2. The predicted octanol–water partition coefficient (Wildman–Crippen LogP) is 0.642. The second kappa shape index (κ2) is 7.02. The quantitative estimate of drug-likeness (QED) is 0.766. The number of methoxy groups -OCH3 is 1. The number of carbonyl (C=O) groups excluding carboxylic acids is 1. The lowest BCUT2D eigenvalue weighted by Gasteiger charge is -2.27. The van der Waals surface area contributed by atoms with Gasteiger partial charge >= 0.3 is 0 Å². The summed E-state index contributed by atoms with van der Waals surface area (Å²) in [6, 6.07) is 5.23. The number of aromatic nitrogens is 2. The number of nitrogens with one attached hydrogen (secondary N) is 2. The summed E-state index contributed by atoms with van der Waals surface area (Å²) in [5.74, 6) is 0.421. The molecule has 0 spiro atoms. The highest BCUT2D eigenvalue weighted by Gasteiger charge is 2.22. The van der Waals surface area contributed by atoms with Crippen molar-refractivity contribution in [3.63, 3.8) is 0 Å². The van der Waals surface area contributed by atoms with Crippen molar-refractivity contribution in [3.8, 4) is 11.4 Å². The van der Waals surface area contributed by atoms with Crippen LogP contribution in [-0.4, -0.2) is 52.9 Å². The fourth-order valence-electron chi connectivity index (χ4n) is 2.88. The van der Waals surface area contributed by atoms with Crippen LogP contribution < -0.4 is 15.4 Å². The zero-order valence-electron chi connectivity index (χ0n) is 13.8. The molecule has 1 aliphatic heterocycles. The van der Waals surface area contributed by atoms with Crippen LogP contribution in [0.15, 0.2) is 30.7 Å². The summed E-state index contributed by atoms with van der Waals surface area (Å²) >= 11 is 0. The number of aryl methyl sites for hydroxylation is 1. The van der Waals surface area contributed by atoms with Gasteiger partial charge in [-0.3, -0.25) is 4.79 Å². The number of carbonyl (C=O) groups is 1. The number of amides is 1. The van der Waals surface area contributed by atoms with Gasteiger partial charge in [-0.15, -0.1) is 0 Å². The number of piperidine rings is 1. The van der Waals surface area contributed by atoms with E-state index in [9.17, 15) is 9.90 Å². The molecule has 7 nitrogen and oxygen atoms in total. The molecule has 1 fully saturated rings. The second-order valence-corrected chi connectivity index (χ2v) is 6.03. The maximum Gasteiger partial charge on any atom is 0.251 e. The third-order valence-electron chi connectivity index (χ3n) is 4.09. The molecular formula is C17H22N4O3. The number of hydrogen-bond donors (Lipinski definition) is 3. The Balaban J connectivity index is 1.77. The zero-order valence-corrected chi connectivity index (χ0v) is 13.8. The Labute approximate surface area is 140 Å². The highest BCUT2D eigenvalue weighted by Crippen LogP contribution is 2.24. The number of hydrogen-bond acceptors (Lipinski definition) is 5. The van der Waals surface area contributed by atoms with Gasteiger partial charge in [0.2, 0.25) is 0 Å². The van der Waals surface area contributed by atoms with E-state index in [1.54, 1.807) is 25.6 Å². The number of rotatable bonds is 4. The summed E-state index contributed by atoms with van der Waals surface area (Å²) in [5, 5.41) is 15.7. The van der Waals surface area contributed by atoms with E-state index < -0.39 is 6.10 Å². The van der Waals surface area contributed by atoms with Crippen molar-refractivity contribution >= 4 is 5.91 Å². The lowest BCUT2D eigenvalue weighted by molar-refractivity contribution is 0.0876. The van der Waals surface area contributed by atoms with Crippen LogP contribution in [-0.2, 0) is 0 Å². The summed E-state index contributed by atoms with van der Waals surface area (Å²) in [4.78, 5) is 16.7. The van der Waals surface area contributed by atoms with Crippen LogP contribution in [0.1, 0.15) is 22.5 Å². The van der Waals surface area contributed by atoms with Crippen molar-refractivity contribution in [3.05, 3.63) is 42.0 Å². The van der Waals surface area contributed by atoms with Crippen LogP contribution in [0.3, 0.4) is 0 Å². The molecule has 1 amide bonds. The van der Waals surface area contributed by atoms with Gasteiger partial charge in [0.15, 0.2) is 0 Å². The van der Waals surface area contributed by atoms with Gasteiger partial charge in [-0.25, -0.2) is 4.98 Å². The first-order valence-electron chi connectivity index (χ1n) is 7.95. The molecule has 2 atom stereocenters. The average Bonchev–Trinajstić information content (AvgIpc) is 3.00. The minimum Gasteiger partial charge on any atom is -0.495 e. The van der Waals surface area contributed by atoms with Gasteiger partial charge in [0.1, 0.15) is 5.75 Å². The third-order valence-corrected chi connectivity index (χ3v) is 4.09. The molecule has 1 saturated heterocycles. The van der Waals surface area contributed by atoms with Crippen LogP contribution >= 0.6 is 0 Å². The van der Waals surface area contributed by atoms with Gasteiger partial charge in [0.25, 0.3) is 5.91 Å². The minimum absolute atomic E-state index is 0.0804. The Bertz CT molecular complexity index is 728. The number of ether oxygens (including phenoxy) is 1. The highest BCUT2D eigenvalue weighted by atomic mass is 16.5. The average molecular weight is 330 g/mol. The standard InChI is InChI=1S/C17H22N4O3/c1-11-9-21(10-19-11)15-4-3-12(5-16(15)24-2)17(23)20-13-6-14(22)8-18-7-13/h3-5,9-10,13-14,18,22H,6-8H2,1-2H3,(H,20,23)/t13-,14+/m0/s1. The molecule has 24 heavy (non-hydrogen) atoms. The summed E-state index contributed by atoms with van der Waals surface area (Å²) < 4.78 is 7.28. The zero-order chi connectivity index (χ0) is 17.1. The number of benzene rings is 1. The van der Waals surface area contributed by atoms with Crippen molar-refractivity contribution in [2.75, 3.05) is 20.2 Å². The molecule has 0 saturated carbocycles. The van der Waals surface area contributed by atoms with E-state index in [0.717, 1.165) is 11.4 Å². The SMILES string of the molecule is COc1cc(C(=O)N[C@@H]2CNC[C@H](O)C2)ccc1-n1cnc(C)c1. The Kier molecular flexibility index (Phi) is 4.82. The minimum atomic E-state index is -0.426. The molecular weight excluding hydrogens is 308 g/mol. The molecule has 0 radical (unpaired) electrons. The maximum absolute atomic E-state index is 12.4. The highest BCUT2D eigenvalue weighted by molar-refractivity contribution is 5.95. The van der Waals surface area contributed by atoms with Crippen molar-refractivity contribution in [2.24, 2.45) is 0 Å². The molecule has 7 heteroatoms. The van der Waals surface area contributed by atoms with Crippen LogP contribution in [0.25, 0.3) is 5.69 Å². The number of aliphatic hydroxyl groups excluding tert-OH is 1. The topological polar surface area (TPSA) is 88.4 Å². The fraction of sp³-hybridized carbons (Fsp3) is 0.412. The number of imidazole rings is 1. The van der Waals surface area contributed by atoms with E-state index in [0.29, 0.717) is 30.8 Å². The molecule has 1 aromatic heterocycles. The van der Waals surface area contributed by atoms with Crippen molar-refractivity contribution in [1.29, 1.82) is 0 Å². The second-order valence-electron chi connectivity index (χ2n) is 6.03. The molecule has 1 aromatic carbocycles. The van der Waals surface area contributed by atoms with Crippen molar-refractivity contribution in [1.82, 2.24) is 20.2 Å². The van der Waals surface area contributed by atoms with Gasteiger partial charge in [-0.1, -0.05) is 0 Å². The van der Waals surface area contributed by atoms with E-state index >= 15 is 0 Å². The van der Waals surface area contributed by atoms with Crippen molar-refractivity contribution in [2.45, 2.75) is 25.5 Å². The van der Waals surface area contributed by atoms with Crippen LogP contribution in [0.2, 0.25) is 0 Å². The first-order chi connectivity index (χ1) is 11.6. The smallest absolute Gasteiger partial charge is 0.251 e. The molecule has 3 N–H and O–H groups in total. The first-order valence-corrected chi connectivity index (χ1v) is 7.95. The monoisotopic (exact) mass is 330 g/mol. The van der Waals surface area contributed by atoms with Gasteiger partial charge in [0.05, 0.1) is 30.9 Å². The Hall–Kier alpha value is -2.38. The normalized spacial score (nSPS) is 20.6. The molecule has 0 unspecified atom stereocenters. The van der Waals surface area contributed by atoms with Gasteiger partial charge in [0, 0.05) is 30.9 Å². The third kappa shape index (κ3) is 3.58. The summed E-state index contributed by atoms with van der Waals surface area (Å²) in [6.45, 7) is 3.14. The molecule has 2 aromatic rings. The van der Waals surface area contributed by atoms with Gasteiger partial charge in [-0.05, 0) is 31.5 Å². The molecule has 128 valence electrons. The number of aliphatic hydroxyl groups is 1. The molecule has 0 aliphatic carbocycles. The van der Waals surface area contributed by atoms with E-state index in [4.69, 9.17) is 4.74 Å². The van der Waals surface area contributed by atoms with E-state index in [-0.39, 0.29) is 11.9 Å². The summed E-state index contributed by atoms with van der Waals surface area (Å²) in [7, 11) is 1.58. The Morgan fingerprint density at radius 3 is 2.96 bits per heavy atom. The summed E-state index contributed by atoms with van der Waals surface area (Å²) in [6.07, 6.45) is 3.74. The number of β-amino-alcohol motifs (C(OH)–C–C–N with tert-alkyl or cyclic N) is 1. The van der Waals surface area contributed by atoms with Crippen LogP contribution in [0.4, 0.5) is 0 Å². The van der Waals surface area contributed by atoms with Crippen LogP contribution in [0.5, 0.6) is 5.75 Å². The summed E-state index contributed by atoms with van der Waals surface area (Å²) in [5.41, 5.74) is 2.25. The van der Waals surface area contributed by atoms with Crippen LogP contribution in [0, 0.1) is 6.92 Å². The molecule has 3 rings (SSSR count). The maximum atomic E-state index is 12.4. The van der Waals surface area contributed by atoms with Gasteiger partial charge in [-0.2, -0.15) is 0 Å². The first kappa shape index (κ1) is 16.5.